The lowest BCUT2D eigenvalue weighted by molar-refractivity contribution is -0.161. The smallest absolute Gasteiger partial charge is 0.462 e. The van der Waals surface area contributed by atoms with Crippen LogP contribution in [-0.2, 0) is 65.4 Å². The Hall–Kier alpha value is -4.54. The fourth-order valence-corrected chi connectivity index (χ4v) is 11.5. The summed E-state index contributed by atoms with van der Waals surface area (Å²) in [6.07, 6.45) is 79.2. The molecule has 0 aromatic carbocycles. The molecule has 0 aliphatic heterocycles. The summed E-state index contributed by atoms with van der Waals surface area (Å²) in [5.41, 5.74) is 0. The van der Waals surface area contributed by atoms with Gasteiger partial charge in [-0.25, -0.2) is 9.13 Å². The van der Waals surface area contributed by atoms with Crippen LogP contribution in [0.25, 0.3) is 0 Å². The van der Waals surface area contributed by atoms with Crippen molar-refractivity contribution in [3.05, 3.63) is 122 Å². The minimum Gasteiger partial charge on any atom is -0.462 e. The van der Waals surface area contributed by atoms with Crippen molar-refractivity contribution in [2.45, 2.75) is 329 Å². The molecular formula is C81H138O17P2. The molecule has 0 bridgehead atoms. The van der Waals surface area contributed by atoms with Crippen molar-refractivity contribution < 1.29 is 80.2 Å². The summed E-state index contributed by atoms with van der Waals surface area (Å²) >= 11 is 0. The lowest BCUT2D eigenvalue weighted by Gasteiger charge is -2.21. The number of hydrogen-bond donors (Lipinski definition) is 3. The maximum Gasteiger partial charge on any atom is 0.472 e. The molecule has 5 unspecified atom stereocenters. The Labute approximate surface area is 606 Å². The van der Waals surface area contributed by atoms with Crippen molar-refractivity contribution in [2.75, 3.05) is 39.6 Å². The first-order valence-corrected chi connectivity index (χ1v) is 41.8. The standard InChI is InChI=1S/C81H138O17P2/c1-5-9-13-17-21-25-29-32-35-36-37-38-41-43-47-50-54-58-62-66-79(84)92-72-77(98-81(86)68-64-60-56-52-48-44-40-34-31-27-23-19-15-11-7-3)74-96-100(89,90)94-70-75(82)69-93-99(87,88)95-73-76(97-80(85)67-63-59-55-51-45-28-24-20-16-12-8-4)71-91-78(83)65-61-57-53-49-46-42-39-33-30-26-22-18-14-10-6-2/h9,13,20-22,24-26,32-35,37-40,43,47,54,58,75-77,82H,5-8,10-12,14-19,23,27-31,36,41-42,44-46,48-53,55-57,59-74H2,1-4H3,(H,87,88)(H,89,90)/b13-9-,24-20-,25-21-,26-22-,35-32-,38-37-,39-33-,40-34-,47-43-,58-54-. The number of carbonyl (C=O) groups excluding carboxylic acids is 4. The van der Waals surface area contributed by atoms with Crippen LogP contribution in [0.5, 0.6) is 0 Å². The van der Waals surface area contributed by atoms with Crippen LogP contribution in [-0.4, -0.2) is 96.7 Å². The number of ether oxygens (including phenoxy) is 4. The van der Waals surface area contributed by atoms with E-state index in [0.717, 1.165) is 154 Å². The Bertz CT molecular complexity index is 2370. The fraction of sp³-hybridized carbons (Fsp3) is 0.704. The number of phosphoric acid groups is 2. The van der Waals surface area contributed by atoms with Gasteiger partial charge in [-0.15, -0.1) is 0 Å². The highest BCUT2D eigenvalue weighted by atomic mass is 31.2. The molecule has 0 saturated heterocycles. The van der Waals surface area contributed by atoms with Gasteiger partial charge in [0.05, 0.1) is 26.4 Å². The van der Waals surface area contributed by atoms with Gasteiger partial charge in [0.25, 0.3) is 0 Å². The molecule has 17 nitrogen and oxygen atoms in total. The van der Waals surface area contributed by atoms with Crippen molar-refractivity contribution in [1.82, 2.24) is 0 Å². The van der Waals surface area contributed by atoms with Crippen LogP contribution < -0.4 is 0 Å². The Morgan fingerprint density at radius 1 is 0.290 bits per heavy atom. The van der Waals surface area contributed by atoms with E-state index in [4.69, 9.17) is 37.0 Å². The van der Waals surface area contributed by atoms with Gasteiger partial charge in [0.15, 0.2) is 12.2 Å². The van der Waals surface area contributed by atoms with Gasteiger partial charge in [-0.05, 0) is 141 Å². The van der Waals surface area contributed by atoms with Gasteiger partial charge in [-0.2, -0.15) is 0 Å². The largest absolute Gasteiger partial charge is 0.472 e. The molecule has 0 aliphatic carbocycles. The summed E-state index contributed by atoms with van der Waals surface area (Å²) < 4.78 is 68.4. The zero-order valence-corrected chi connectivity index (χ0v) is 64.4. The number of aliphatic hydroxyl groups is 1. The van der Waals surface area contributed by atoms with Crippen LogP contribution in [0.15, 0.2) is 122 Å². The topological polar surface area (TPSA) is 237 Å². The fourth-order valence-electron chi connectivity index (χ4n) is 9.96. The number of esters is 4. The summed E-state index contributed by atoms with van der Waals surface area (Å²) in [6.45, 7) is 4.57. The third kappa shape index (κ3) is 71.8. The van der Waals surface area contributed by atoms with Gasteiger partial charge >= 0.3 is 39.5 Å². The molecule has 0 radical (unpaired) electrons. The maximum absolute atomic E-state index is 13.1. The molecule has 0 spiro atoms. The first kappa shape index (κ1) is 95.5. The molecule has 0 saturated carbocycles. The summed E-state index contributed by atoms with van der Waals surface area (Å²) in [6, 6.07) is 0. The third-order valence-electron chi connectivity index (χ3n) is 15.9. The second-order valence-corrected chi connectivity index (χ2v) is 28.5. The molecule has 5 atom stereocenters. The van der Waals surface area contributed by atoms with Gasteiger partial charge in [-0.3, -0.25) is 37.3 Å². The normalized spacial score (nSPS) is 14.6. The molecule has 0 aromatic heterocycles. The van der Waals surface area contributed by atoms with E-state index in [1.54, 1.807) is 0 Å². The summed E-state index contributed by atoms with van der Waals surface area (Å²) in [5, 5.41) is 10.6. The number of rotatable bonds is 72. The maximum atomic E-state index is 13.1. The number of carbonyl (C=O) groups is 4. The molecule has 0 amide bonds. The van der Waals surface area contributed by atoms with Gasteiger partial charge in [0.2, 0.25) is 0 Å². The number of unbranched alkanes of at least 4 members (excludes halogenated alkanes) is 26. The highest BCUT2D eigenvalue weighted by Crippen LogP contribution is 2.45. The first-order chi connectivity index (χ1) is 48.7. The number of phosphoric ester groups is 2. The molecule has 0 aliphatic rings. The van der Waals surface area contributed by atoms with Crippen LogP contribution in [0.2, 0.25) is 0 Å². The monoisotopic (exact) mass is 1440 g/mol. The molecule has 0 rings (SSSR count). The van der Waals surface area contributed by atoms with Crippen molar-refractivity contribution in [3.63, 3.8) is 0 Å². The van der Waals surface area contributed by atoms with Crippen LogP contribution in [0.1, 0.15) is 310 Å². The van der Waals surface area contributed by atoms with Crippen LogP contribution in [0.3, 0.4) is 0 Å². The van der Waals surface area contributed by atoms with Crippen molar-refractivity contribution >= 4 is 39.5 Å². The molecular weight excluding hydrogens is 1310 g/mol. The number of hydrogen-bond acceptors (Lipinski definition) is 15. The van der Waals surface area contributed by atoms with E-state index in [0.29, 0.717) is 32.1 Å². The van der Waals surface area contributed by atoms with Crippen molar-refractivity contribution in [2.24, 2.45) is 0 Å². The molecule has 0 heterocycles. The van der Waals surface area contributed by atoms with Crippen LogP contribution >= 0.6 is 15.6 Å². The lowest BCUT2D eigenvalue weighted by atomic mass is 10.1. The highest BCUT2D eigenvalue weighted by molar-refractivity contribution is 7.47. The molecule has 100 heavy (non-hydrogen) atoms. The number of allylic oxidation sites excluding steroid dienone is 20. The van der Waals surface area contributed by atoms with E-state index >= 15 is 0 Å². The number of aliphatic hydroxyl groups excluding tert-OH is 1. The van der Waals surface area contributed by atoms with Gasteiger partial charge < -0.3 is 33.8 Å². The van der Waals surface area contributed by atoms with E-state index in [2.05, 4.69) is 131 Å². The quantitative estimate of drug-likeness (QED) is 0.0169. The SMILES string of the molecule is CC/C=C\C/C=C\C/C=C\C/C=C\C/C=C\C/C=C\CCC(=O)OCC(COP(=O)(O)OCC(O)COP(=O)(O)OCC(COC(=O)CCCCCCC/C=C\C/C=C\CCCCC)OC(=O)CCCCCCC/C=C\CCCC)OC(=O)CCCCCCC/C=C\CCCCCCCC. The van der Waals surface area contributed by atoms with E-state index in [9.17, 15) is 43.2 Å². The summed E-state index contributed by atoms with van der Waals surface area (Å²) in [7, 11) is -9.98. The molecule has 0 aromatic rings. The zero-order chi connectivity index (χ0) is 73.2. The van der Waals surface area contributed by atoms with Gasteiger partial charge in [0, 0.05) is 25.7 Å². The Balaban J connectivity index is 5.41. The van der Waals surface area contributed by atoms with Gasteiger partial charge in [0.1, 0.15) is 19.3 Å². The van der Waals surface area contributed by atoms with E-state index in [1.807, 2.05) is 18.2 Å². The second-order valence-electron chi connectivity index (χ2n) is 25.6. The van der Waals surface area contributed by atoms with E-state index < -0.39 is 97.5 Å². The molecule has 574 valence electrons. The minimum atomic E-state index is -5.00. The van der Waals surface area contributed by atoms with Gasteiger partial charge in [-0.1, -0.05) is 265 Å². The Morgan fingerprint density at radius 3 is 0.920 bits per heavy atom. The third-order valence-corrected chi connectivity index (χ3v) is 17.8. The lowest BCUT2D eigenvalue weighted by Crippen LogP contribution is -2.30. The van der Waals surface area contributed by atoms with E-state index in [-0.39, 0.29) is 25.7 Å². The van der Waals surface area contributed by atoms with Crippen LogP contribution in [0.4, 0.5) is 0 Å². The molecule has 19 heteroatoms. The molecule has 3 N–H and O–H groups in total. The van der Waals surface area contributed by atoms with Crippen molar-refractivity contribution in [3.8, 4) is 0 Å². The van der Waals surface area contributed by atoms with Crippen LogP contribution in [0, 0.1) is 0 Å². The molecule has 0 fully saturated rings. The Morgan fingerprint density at radius 2 is 0.550 bits per heavy atom. The first-order valence-electron chi connectivity index (χ1n) is 38.8. The average molecular weight is 1450 g/mol. The summed E-state index contributed by atoms with van der Waals surface area (Å²) in [4.78, 5) is 72.8. The highest BCUT2D eigenvalue weighted by Gasteiger charge is 2.30. The van der Waals surface area contributed by atoms with Crippen molar-refractivity contribution in [1.29, 1.82) is 0 Å². The zero-order valence-electron chi connectivity index (χ0n) is 62.6. The predicted molar refractivity (Wildman–Crippen MR) is 408 cm³/mol. The minimum absolute atomic E-state index is 0.0327. The summed E-state index contributed by atoms with van der Waals surface area (Å²) in [5.74, 6) is -2.30. The predicted octanol–water partition coefficient (Wildman–Crippen LogP) is 22.3. The average Bonchev–Trinajstić information content (AvgIpc) is 0.985. The van der Waals surface area contributed by atoms with E-state index in [1.165, 1.54) is 70.6 Å². The second kappa shape index (κ2) is 72.8. The Kier molecular flexibility index (Phi) is 69.5.